The molecule has 0 saturated heterocycles. The lowest BCUT2D eigenvalue weighted by molar-refractivity contribution is -0.132. The van der Waals surface area contributed by atoms with Gasteiger partial charge in [-0.3, -0.25) is 4.79 Å². The Morgan fingerprint density at radius 3 is 2.79 bits per heavy atom. The molecule has 0 spiro atoms. The maximum Gasteiger partial charge on any atom is 0.229 e. The number of aliphatic hydroxyl groups is 1. The maximum absolute atomic E-state index is 13.2. The highest BCUT2D eigenvalue weighted by atomic mass is 19.1. The molecule has 1 aliphatic rings. The predicted molar refractivity (Wildman–Crippen MR) is 71.2 cm³/mol. The third kappa shape index (κ3) is 3.53. The number of carbonyl (C=O) groups excluding carboxylic acids is 1. The zero-order valence-corrected chi connectivity index (χ0v) is 11.3. The number of likely N-dealkylation sites (N-methyl/N-ethyl adjacent to an activating group) is 1. The van der Waals surface area contributed by atoms with Gasteiger partial charge in [0.2, 0.25) is 5.91 Å². The van der Waals surface area contributed by atoms with Crippen LogP contribution in [-0.4, -0.2) is 35.6 Å². The molecule has 104 valence electrons. The van der Waals surface area contributed by atoms with Crippen molar-refractivity contribution in [3.05, 3.63) is 35.6 Å². The fourth-order valence-corrected chi connectivity index (χ4v) is 2.25. The zero-order valence-electron chi connectivity index (χ0n) is 11.3. The van der Waals surface area contributed by atoms with Crippen LogP contribution in [0, 0.1) is 11.7 Å². The van der Waals surface area contributed by atoms with Crippen LogP contribution in [-0.2, 0) is 4.79 Å². The first kappa shape index (κ1) is 14.0. The molecule has 2 atom stereocenters. The number of rotatable bonds is 5. The van der Waals surface area contributed by atoms with Gasteiger partial charge < -0.3 is 10.0 Å². The minimum absolute atomic E-state index is 0.0923. The molecular formula is C15H20FNO2. The number of hydrogen-bond acceptors (Lipinski definition) is 2. The molecular weight excluding hydrogens is 245 g/mol. The van der Waals surface area contributed by atoms with Gasteiger partial charge in [0.1, 0.15) is 5.82 Å². The Morgan fingerprint density at radius 2 is 2.21 bits per heavy atom. The maximum atomic E-state index is 13.2. The van der Waals surface area contributed by atoms with E-state index in [-0.39, 0.29) is 11.7 Å². The Balaban J connectivity index is 1.97. The number of aliphatic hydroxyl groups excluding tert-OH is 1. The molecule has 4 heteroatoms. The van der Waals surface area contributed by atoms with Crippen LogP contribution in [0.4, 0.5) is 4.39 Å². The largest absolute Gasteiger partial charge is 0.391 e. The van der Waals surface area contributed by atoms with Crippen molar-refractivity contribution in [2.45, 2.75) is 31.8 Å². The molecule has 19 heavy (non-hydrogen) atoms. The lowest BCUT2D eigenvalue weighted by atomic mass is 9.99. The van der Waals surface area contributed by atoms with E-state index < -0.39 is 12.0 Å². The molecule has 3 nitrogen and oxygen atoms in total. The van der Waals surface area contributed by atoms with E-state index in [1.165, 1.54) is 12.1 Å². The van der Waals surface area contributed by atoms with Crippen LogP contribution in [0.25, 0.3) is 0 Å². The summed E-state index contributed by atoms with van der Waals surface area (Å²) >= 11 is 0. The number of halogens is 1. The summed E-state index contributed by atoms with van der Waals surface area (Å²) in [5.41, 5.74) is 0.665. The summed E-state index contributed by atoms with van der Waals surface area (Å²) in [6.45, 7) is 2.11. The fraction of sp³-hybridized carbons (Fsp3) is 0.533. The number of nitrogens with zero attached hydrogens (tertiary/aromatic N) is 1. The van der Waals surface area contributed by atoms with Crippen LogP contribution in [0.3, 0.4) is 0 Å². The fourth-order valence-electron chi connectivity index (χ4n) is 2.25. The summed E-state index contributed by atoms with van der Waals surface area (Å²) in [7, 11) is 1.68. The van der Waals surface area contributed by atoms with E-state index in [0.29, 0.717) is 18.0 Å². The normalized spacial score (nSPS) is 17.9. The second-order valence-electron chi connectivity index (χ2n) is 5.40. The molecule has 1 amide bonds. The van der Waals surface area contributed by atoms with Crippen molar-refractivity contribution < 1.29 is 14.3 Å². The van der Waals surface area contributed by atoms with Crippen LogP contribution >= 0.6 is 0 Å². The molecule has 2 unspecified atom stereocenters. The van der Waals surface area contributed by atoms with Crippen LogP contribution in [0.2, 0.25) is 0 Å². The Morgan fingerprint density at radius 1 is 1.53 bits per heavy atom. The van der Waals surface area contributed by atoms with Gasteiger partial charge in [0.05, 0.1) is 12.0 Å². The molecule has 0 radical (unpaired) electrons. The van der Waals surface area contributed by atoms with Gasteiger partial charge in [0, 0.05) is 13.6 Å². The lowest BCUT2D eigenvalue weighted by Gasteiger charge is -2.24. The molecule has 1 N–H and O–H groups in total. The molecule has 1 saturated carbocycles. The predicted octanol–water partition coefficient (Wildman–Crippen LogP) is 2.16. The quantitative estimate of drug-likeness (QED) is 0.886. The highest BCUT2D eigenvalue weighted by Gasteiger charge is 2.32. The van der Waals surface area contributed by atoms with Crippen molar-refractivity contribution in [2.24, 2.45) is 5.92 Å². The summed E-state index contributed by atoms with van der Waals surface area (Å²) in [6.07, 6.45) is 1.65. The zero-order chi connectivity index (χ0) is 14.0. The van der Waals surface area contributed by atoms with E-state index in [0.717, 1.165) is 12.8 Å². The first-order valence-electron chi connectivity index (χ1n) is 6.67. The van der Waals surface area contributed by atoms with Crippen LogP contribution < -0.4 is 0 Å². The number of hydrogen-bond donors (Lipinski definition) is 1. The van der Waals surface area contributed by atoms with E-state index in [9.17, 15) is 14.3 Å². The van der Waals surface area contributed by atoms with Gasteiger partial charge in [0.25, 0.3) is 0 Å². The molecule has 1 aromatic carbocycles. The van der Waals surface area contributed by atoms with Crippen molar-refractivity contribution in [2.75, 3.05) is 13.6 Å². The second kappa shape index (κ2) is 5.70. The van der Waals surface area contributed by atoms with Crippen LogP contribution in [0.15, 0.2) is 24.3 Å². The molecule has 2 rings (SSSR count). The Hall–Kier alpha value is -1.42. The SMILES string of the molecule is CC(C(=O)N(C)CC(O)C1CC1)c1cccc(F)c1. The average Bonchev–Trinajstić information content (AvgIpc) is 3.21. The third-order valence-electron chi connectivity index (χ3n) is 3.72. The van der Waals surface area contributed by atoms with E-state index >= 15 is 0 Å². The van der Waals surface area contributed by atoms with Gasteiger partial charge in [0.15, 0.2) is 0 Å². The summed E-state index contributed by atoms with van der Waals surface area (Å²) in [6, 6.07) is 6.10. The monoisotopic (exact) mass is 265 g/mol. The van der Waals surface area contributed by atoms with Crippen molar-refractivity contribution in [3.63, 3.8) is 0 Å². The Kier molecular flexibility index (Phi) is 4.20. The minimum atomic E-state index is -0.436. The molecule has 0 heterocycles. The summed E-state index contributed by atoms with van der Waals surface area (Å²) in [4.78, 5) is 13.8. The van der Waals surface area contributed by atoms with Crippen molar-refractivity contribution in [3.8, 4) is 0 Å². The standard InChI is InChI=1S/C15H20FNO2/c1-10(12-4-3-5-13(16)8-12)15(19)17(2)9-14(18)11-6-7-11/h3-5,8,10-11,14,18H,6-7,9H2,1-2H3. The van der Waals surface area contributed by atoms with Gasteiger partial charge in [-0.1, -0.05) is 12.1 Å². The van der Waals surface area contributed by atoms with E-state index in [4.69, 9.17) is 0 Å². The summed E-state index contributed by atoms with van der Waals surface area (Å²) < 4.78 is 13.2. The first-order chi connectivity index (χ1) is 8.99. The van der Waals surface area contributed by atoms with Crippen molar-refractivity contribution in [1.82, 2.24) is 4.90 Å². The minimum Gasteiger partial charge on any atom is -0.391 e. The second-order valence-corrected chi connectivity index (χ2v) is 5.40. The van der Waals surface area contributed by atoms with Crippen LogP contribution in [0.1, 0.15) is 31.2 Å². The summed E-state index contributed by atoms with van der Waals surface area (Å²) in [5.74, 6) is -0.477. The van der Waals surface area contributed by atoms with Gasteiger partial charge in [-0.25, -0.2) is 4.39 Å². The average molecular weight is 265 g/mol. The molecule has 1 aromatic rings. The summed E-state index contributed by atoms with van der Waals surface area (Å²) in [5, 5.41) is 9.85. The molecule has 1 fully saturated rings. The van der Waals surface area contributed by atoms with Crippen molar-refractivity contribution >= 4 is 5.91 Å². The lowest BCUT2D eigenvalue weighted by Crippen LogP contribution is -2.37. The Labute approximate surface area is 113 Å². The third-order valence-corrected chi connectivity index (χ3v) is 3.72. The van der Waals surface area contributed by atoms with E-state index in [2.05, 4.69) is 0 Å². The first-order valence-corrected chi connectivity index (χ1v) is 6.67. The molecule has 0 aliphatic heterocycles. The number of carbonyl (C=O) groups is 1. The number of benzene rings is 1. The van der Waals surface area contributed by atoms with E-state index in [1.807, 2.05) is 0 Å². The van der Waals surface area contributed by atoms with E-state index in [1.54, 1.807) is 31.0 Å². The smallest absolute Gasteiger partial charge is 0.229 e. The van der Waals surface area contributed by atoms with Gasteiger partial charge in [-0.05, 0) is 43.4 Å². The molecule has 0 bridgehead atoms. The van der Waals surface area contributed by atoms with Gasteiger partial charge in [-0.15, -0.1) is 0 Å². The highest BCUT2D eigenvalue weighted by Crippen LogP contribution is 2.33. The molecule has 0 aromatic heterocycles. The number of amides is 1. The molecule has 1 aliphatic carbocycles. The van der Waals surface area contributed by atoms with Crippen molar-refractivity contribution in [1.29, 1.82) is 0 Å². The van der Waals surface area contributed by atoms with Gasteiger partial charge >= 0.3 is 0 Å². The van der Waals surface area contributed by atoms with Crippen LogP contribution in [0.5, 0.6) is 0 Å². The highest BCUT2D eigenvalue weighted by molar-refractivity contribution is 5.83. The topological polar surface area (TPSA) is 40.5 Å². The Bertz CT molecular complexity index is 459. The van der Waals surface area contributed by atoms with Gasteiger partial charge in [-0.2, -0.15) is 0 Å².